The molecule has 0 amide bonds. The Morgan fingerprint density at radius 2 is 1.89 bits per heavy atom. The lowest BCUT2D eigenvalue weighted by Gasteiger charge is -2.23. The summed E-state index contributed by atoms with van der Waals surface area (Å²) >= 11 is 7.47. The van der Waals surface area contributed by atoms with Gasteiger partial charge in [-0.05, 0) is 52.0 Å². The third-order valence-electron chi connectivity index (χ3n) is 3.31. The fourth-order valence-electron chi connectivity index (χ4n) is 1.93. The van der Waals surface area contributed by atoms with Crippen molar-refractivity contribution in [2.75, 3.05) is 0 Å². The summed E-state index contributed by atoms with van der Waals surface area (Å²) in [7, 11) is 0. The quantitative estimate of drug-likeness (QED) is 0.381. The standard InChI is InChI=1S/C17H24Br2/c1-14(12-13-16(18)17(2,3)19)8-7-11-15-9-5-4-6-10-15/h4-6,8-10,16H,7,11-13H2,1-3H3/b14-8+. The Labute approximate surface area is 134 Å². The minimum absolute atomic E-state index is 0.164. The number of benzene rings is 1. The van der Waals surface area contributed by atoms with Gasteiger partial charge in [0.15, 0.2) is 0 Å². The van der Waals surface area contributed by atoms with E-state index in [9.17, 15) is 0 Å². The van der Waals surface area contributed by atoms with Gasteiger partial charge in [0.25, 0.3) is 0 Å². The van der Waals surface area contributed by atoms with Crippen LogP contribution in [0.25, 0.3) is 0 Å². The summed E-state index contributed by atoms with van der Waals surface area (Å²) in [6.45, 7) is 6.66. The van der Waals surface area contributed by atoms with E-state index < -0.39 is 0 Å². The molecule has 106 valence electrons. The van der Waals surface area contributed by atoms with Crippen LogP contribution in [0, 0.1) is 0 Å². The summed E-state index contributed by atoms with van der Waals surface area (Å²) < 4.78 is 0.164. The van der Waals surface area contributed by atoms with Crippen molar-refractivity contribution in [1.29, 1.82) is 0 Å². The first-order valence-corrected chi connectivity index (χ1v) is 8.63. The van der Waals surface area contributed by atoms with E-state index in [2.05, 4.69) is 89.0 Å². The zero-order chi connectivity index (χ0) is 14.3. The van der Waals surface area contributed by atoms with Crippen LogP contribution >= 0.6 is 31.9 Å². The molecule has 0 heterocycles. The number of halogens is 2. The molecular weight excluding hydrogens is 364 g/mol. The Bertz CT molecular complexity index is 387. The van der Waals surface area contributed by atoms with Crippen molar-refractivity contribution in [2.45, 2.75) is 55.6 Å². The van der Waals surface area contributed by atoms with E-state index in [0.29, 0.717) is 4.83 Å². The highest BCUT2D eigenvalue weighted by atomic mass is 79.9. The molecule has 1 aromatic carbocycles. The fourth-order valence-corrected chi connectivity index (χ4v) is 2.39. The molecule has 0 aromatic heterocycles. The molecule has 1 aromatic rings. The zero-order valence-corrected chi connectivity index (χ0v) is 15.3. The highest BCUT2D eigenvalue weighted by Crippen LogP contribution is 2.31. The topological polar surface area (TPSA) is 0 Å². The highest BCUT2D eigenvalue weighted by Gasteiger charge is 2.23. The van der Waals surface area contributed by atoms with Gasteiger partial charge in [-0.1, -0.05) is 73.8 Å². The monoisotopic (exact) mass is 386 g/mol. The van der Waals surface area contributed by atoms with E-state index >= 15 is 0 Å². The van der Waals surface area contributed by atoms with Crippen molar-refractivity contribution in [1.82, 2.24) is 0 Å². The lowest BCUT2D eigenvalue weighted by atomic mass is 10.0. The van der Waals surface area contributed by atoms with E-state index in [0.717, 1.165) is 12.8 Å². The molecule has 0 bridgehead atoms. The van der Waals surface area contributed by atoms with E-state index in [1.54, 1.807) is 0 Å². The van der Waals surface area contributed by atoms with Gasteiger partial charge in [-0.2, -0.15) is 0 Å². The van der Waals surface area contributed by atoms with Crippen LogP contribution in [-0.2, 0) is 6.42 Å². The van der Waals surface area contributed by atoms with E-state index in [4.69, 9.17) is 0 Å². The van der Waals surface area contributed by atoms with Gasteiger partial charge in [-0.25, -0.2) is 0 Å². The molecule has 0 nitrogen and oxygen atoms in total. The molecule has 0 aliphatic carbocycles. The van der Waals surface area contributed by atoms with Gasteiger partial charge in [0.05, 0.1) is 0 Å². The summed E-state index contributed by atoms with van der Waals surface area (Å²) in [4.78, 5) is 0.512. The Kier molecular flexibility index (Phi) is 7.38. The maximum Gasteiger partial charge on any atom is 0.0326 e. The van der Waals surface area contributed by atoms with Crippen LogP contribution in [0.5, 0.6) is 0 Å². The maximum atomic E-state index is 3.76. The molecule has 0 aliphatic heterocycles. The molecule has 1 rings (SSSR count). The molecule has 0 saturated heterocycles. The average Bonchev–Trinajstić information content (AvgIpc) is 2.36. The summed E-state index contributed by atoms with van der Waals surface area (Å²) in [5, 5.41) is 0. The molecular formula is C17H24Br2. The molecule has 0 saturated carbocycles. The Morgan fingerprint density at radius 3 is 2.47 bits per heavy atom. The second-order valence-corrected chi connectivity index (χ2v) is 8.79. The van der Waals surface area contributed by atoms with E-state index in [-0.39, 0.29) is 4.32 Å². The van der Waals surface area contributed by atoms with Gasteiger partial charge >= 0.3 is 0 Å². The third-order valence-corrected chi connectivity index (χ3v) is 6.08. The van der Waals surface area contributed by atoms with Crippen LogP contribution < -0.4 is 0 Å². The number of aryl methyl sites for hydroxylation is 1. The number of allylic oxidation sites excluding steroid dienone is 2. The van der Waals surface area contributed by atoms with Gasteiger partial charge in [0.2, 0.25) is 0 Å². The molecule has 19 heavy (non-hydrogen) atoms. The third kappa shape index (κ3) is 7.31. The summed E-state index contributed by atoms with van der Waals surface area (Å²) in [6.07, 6.45) is 7.00. The molecule has 1 atom stereocenters. The first-order valence-electron chi connectivity index (χ1n) is 6.92. The van der Waals surface area contributed by atoms with Gasteiger partial charge in [-0.15, -0.1) is 0 Å². The van der Waals surface area contributed by atoms with Gasteiger partial charge in [-0.3, -0.25) is 0 Å². The van der Waals surface area contributed by atoms with Gasteiger partial charge in [0.1, 0.15) is 0 Å². The normalized spacial score (nSPS) is 14.5. The van der Waals surface area contributed by atoms with Crippen LogP contribution in [-0.4, -0.2) is 9.15 Å². The van der Waals surface area contributed by atoms with Crippen LogP contribution in [0.2, 0.25) is 0 Å². The highest BCUT2D eigenvalue weighted by molar-refractivity contribution is 9.12. The van der Waals surface area contributed by atoms with Crippen molar-refractivity contribution < 1.29 is 0 Å². The number of alkyl halides is 2. The molecule has 0 N–H and O–H groups in total. The Morgan fingerprint density at radius 1 is 1.26 bits per heavy atom. The van der Waals surface area contributed by atoms with E-state index in [1.165, 1.54) is 24.0 Å². The number of rotatable bonds is 7. The predicted molar refractivity (Wildman–Crippen MR) is 93.5 cm³/mol. The fraction of sp³-hybridized carbons (Fsp3) is 0.529. The molecule has 0 fully saturated rings. The predicted octanol–water partition coefficient (Wildman–Crippen LogP) is 6.28. The Hall–Kier alpha value is -0.0800. The zero-order valence-electron chi connectivity index (χ0n) is 12.1. The van der Waals surface area contributed by atoms with Gasteiger partial charge < -0.3 is 0 Å². The molecule has 1 unspecified atom stereocenters. The van der Waals surface area contributed by atoms with Crippen LogP contribution in [0.4, 0.5) is 0 Å². The average molecular weight is 388 g/mol. The van der Waals surface area contributed by atoms with Crippen LogP contribution in [0.1, 0.15) is 45.6 Å². The lowest BCUT2D eigenvalue weighted by Crippen LogP contribution is -2.23. The van der Waals surface area contributed by atoms with Crippen LogP contribution in [0.15, 0.2) is 42.0 Å². The SMILES string of the molecule is C/C(=C\CCc1ccccc1)CCC(Br)C(C)(C)Br. The van der Waals surface area contributed by atoms with E-state index in [1.807, 2.05) is 0 Å². The first-order chi connectivity index (χ1) is 8.89. The second kappa shape index (κ2) is 8.26. The van der Waals surface area contributed by atoms with Gasteiger partial charge in [0, 0.05) is 9.15 Å². The number of hydrogen-bond acceptors (Lipinski definition) is 0. The molecule has 0 aliphatic rings. The van der Waals surface area contributed by atoms with Crippen molar-refractivity contribution in [2.24, 2.45) is 0 Å². The summed E-state index contributed by atoms with van der Waals surface area (Å²) in [5.41, 5.74) is 2.92. The van der Waals surface area contributed by atoms with Crippen LogP contribution in [0.3, 0.4) is 0 Å². The first kappa shape index (κ1) is 17.0. The van der Waals surface area contributed by atoms with Crippen molar-refractivity contribution in [3.05, 3.63) is 47.5 Å². The molecule has 0 spiro atoms. The minimum atomic E-state index is 0.164. The smallest absolute Gasteiger partial charge is 0.0326 e. The van der Waals surface area contributed by atoms with Crippen molar-refractivity contribution >= 4 is 31.9 Å². The van der Waals surface area contributed by atoms with Crippen molar-refractivity contribution in [3.8, 4) is 0 Å². The minimum Gasteiger partial charge on any atom is -0.0876 e. The molecule has 0 radical (unpaired) electrons. The summed E-state index contributed by atoms with van der Waals surface area (Å²) in [5.74, 6) is 0. The molecule has 2 heteroatoms. The maximum absolute atomic E-state index is 3.76. The Balaban J connectivity index is 2.30. The lowest BCUT2D eigenvalue weighted by molar-refractivity contribution is 0.636. The number of hydrogen-bond donors (Lipinski definition) is 0. The van der Waals surface area contributed by atoms with Crippen molar-refractivity contribution in [3.63, 3.8) is 0 Å². The second-order valence-electron chi connectivity index (χ2n) is 5.65. The largest absolute Gasteiger partial charge is 0.0876 e. The summed E-state index contributed by atoms with van der Waals surface area (Å²) in [6, 6.07) is 10.7.